The standard InChI is InChI=1S/C21H24FNO3/c1-26-19-10-4-8-17(20(19)24)21(25)23-13-5-6-15(14-23)11-12-16-7-2-3-9-18(16)22/h2-4,7-10,15,24H,5-6,11-14H2,1H3/t15-/m1/s1. The van der Waals surface area contributed by atoms with E-state index in [2.05, 4.69) is 0 Å². The predicted molar refractivity (Wildman–Crippen MR) is 98.0 cm³/mol. The molecule has 1 N–H and O–H groups in total. The molecule has 0 radical (unpaired) electrons. The quantitative estimate of drug-likeness (QED) is 0.879. The lowest BCUT2D eigenvalue weighted by Gasteiger charge is -2.33. The summed E-state index contributed by atoms with van der Waals surface area (Å²) in [7, 11) is 1.46. The van der Waals surface area contributed by atoms with E-state index >= 15 is 0 Å². The molecule has 2 aromatic rings. The lowest BCUT2D eigenvalue weighted by atomic mass is 9.91. The third-order valence-corrected chi connectivity index (χ3v) is 5.04. The van der Waals surface area contributed by atoms with Gasteiger partial charge >= 0.3 is 0 Å². The maximum Gasteiger partial charge on any atom is 0.257 e. The Balaban J connectivity index is 1.65. The van der Waals surface area contributed by atoms with Gasteiger partial charge in [-0.25, -0.2) is 4.39 Å². The zero-order valence-corrected chi connectivity index (χ0v) is 15.0. The molecular formula is C21H24FNO3. The van der Waals surface area contributed by atoms with E-state index in [1.54, 1.807) is 29.2 Å². The molecule has 1 heterocycles. The number of hydrogen-bond acceptors (Lipinski definition) is 3. The summed E-state index contributed by atoms with van der Waals surface area (Å²) < 4.78 is 18.9. The highest BCUT2D eigenvalue weighted by Crippen LogP contribution is 2.31. The van der Waals surface area contributed by atoms with Crippen LogP contribution in [-0.4, -0.2) is 36.1 Å². The molecule has 4 nitrogen and oxygen atoms in total. The van der Waals surface area contributed by atoms with Gasteiger partial charge in [0.1, 0.15) is 5.82 Å². The van der Waals surface area contributed by atoms with Crippen LogP contribution in [-0.2, 0) is 6.42 Å². The van der Waals surface area contributed by atoms with Crippen LogP contribution in [0.5, 0.6) is 11.5 Å². The number of likely N-dealkylation sites (tertiary alicyclic amines) is 1. The number of piperidine rings is 1. The number of ether oxygens (including phenoxy) is 1. The first-order valence-electron chi connectivity index (χ1n) is 8.98. The minimum Gasteiger partial charge on any atom is -0.504 e. The van der Waals surface area contributed by atoms with Gasteiger partial charge in [-0.2, -0.15) is 0 Å². The summed E-state index contributed by atoms with van der Waals surface area (Å²) in [4.78, 5) is 14.6. The first-order valence-corrected chi connectivity index (χ1v) is 8.98. The Morgan fingerprint density at radius 2 is 2.08 bits per heavy atom. The highest BCUT2D eigenvalue weighted by atomic mass is 19.1. The van der Waals surface area contributed by atoms with Gasteiger partial charge < -0.3 is 14.7 Å². The van der Waals surface area contributed by atoms with Gasteiger partial charge in [-0.15, -0.1) is 0 Å². The van der Waals surface area contributed by atoms with E-state index in [0.29, 0.717) is 31.2 Å². The average molecular weight is 357 g/mol. The van der Waals surface area contributed by atoms with Crippen molar-refractivity contribution >= 4 is 5.91 Å². The van der Waals surface area contributed by atoms with Gasteiger partial charge in [0.15, 0.2) is 11.5 Å². The second-order valence-electron chi connectivity index (χ2n) is 6.75. The average Bonchev–Trinajstić information content (AvgIpc) is 2.67. The van der Waals surface area contributed by atoms with Gasteiger partial charge in [0.2, 0.25) is 0 Å². The van der Waals surface area contributed by atoms with Crippen molar-refractivity contribution in [2.75, 3.05) is 20.2 Å². The van der Waals surface area contributed by atoms with Crippen molar-refractivity contribution in [2.45, 2.75) is 25.7 Å². The number of para-hydroxylation sites is 1. The first-order chi connectivity index (χ1) is 12.6. The second-order valence-corrected chi connectivity index (χ2v) is 6.75. The third-order valence-electron chi connectivity index (χ3n) is 5.04. The van der Waals surface area contributed by atoms with Crippen LogP contribution in [0.15, 0.2) is 42.5 Å². The van der Waals surface area contributed by atoms with Crippen LogP contribution in [0.4, 0.5) is 4.39 Å². The van der Waals surface area contributed by atoms with E-state index in [1.165, 1.54) is 13.2 Å². The molecule has 2 aromatic carbocycles. The van der Waals surface area contributed by atoms with Crippen molar-refractivity contribution in [3.05, 3.63) is 59.4 Å². The fourth-order valence-electron chi connectivity index (χ4n) is 3.58. The molecule has 26 heavy (non-hydrogen) atoms. The summed E-state index contributed by atoms with van der Waals surface area (Å²) in [5.41, 5.74) is 0.987. The molecule has 1 aliphatic rings. The Bertz CT molecular complexity index is 778. The molecule has 0 unspecified atom stereocenters. The van der Waals surface area contributed by atoms with E-state index in [0.717, 1.165) is 24.8 Å². The maximum absolute atomic E-state index is 13.8. The molecule has 0 aliphatic carbocycles. The summed E-state index contributed by atoms with van der Waals surface area (Å²) in [6, 6.07) is 11.8. The topological polar surface area (TPSA) is 49.8 Å². The highest BCUT2D eigenvalue weighted by molar-refractivity contribution is 5.97. The predicted octanol–water partition coefficient (Wildman–Crippen LogP) is 4.02. The largest absolute Gasteiger partial charge is 0.504 e. The van der Waals surface area contributed by atoms with Crippen molar-refractivity contribution < 1.29 is 19.0 Å². The van der Waals surface area contributed by atoms with Crippen LogP contribution in [0, 0.1) is 11.7 Å². The van der Waals surface area contributed by atoms with Crippen LogP contribution in [0.3, 0.4) is 0 Å². The summed E-state index contributed by atoms with van der Waals surface area (Å²) >= 11 is 0. The molecule has 1 atom stereocenters. The minimum absolute atomic E-state index is 0.117. The van der Waals surface area contributed by atoms with Crippen LogP contribution in [0.2, 0.25) is 0 Å². The number of carbonyl (C=O) groups excluding carboxylic acids is 1. The van der Waals surface area contributed by atoms with Crippen molar-refractivity contribution in [3.8, 4) is 11.5 Å². The molecule has 1 fully saturated rings. The van der Waals surface area contributed by atoms with E-state index < -0.39 is 0 Å². The molecule has 0 bridgehead atoms. The summed E-state index contributed by atoms with van der Waals surface area (Å²) in [6.45, 7) is 1.30. The number of phenols is 1. The van der Waals surface area contributed by atoms with Gasteiger partial charge in [0.05, 0.1) is 12.7 Å². The summed E-state index contributed by atoms with van der Waals surface area (Å²) in [6.07, 6.45) is 3.46. The van der Waals surface area contributed by atoms with E-state index in [-0.39, 0.29) is 23.0 Å². The Hall–Kier alpha value is -2.56. The van der Waals surface area contributed by atoms with Crippen LogP contribution < -0.4 is 4.74 Å². The lowest BCUT2D eigenvalue weighted by molar-refractivity contribution is 0.0664. The number of benzene rings is 2. The molecule has 0 spiro atoms. The molecule has 1 saturated heterocycles. The third kappa shape index (κ3) is 3.98. The van der Waals surface area contributed by atoms with Gasteiger partial charge in [-0.1, -0.05) is 24.3 Å². The molecule has 5 heteroatoms. The second kappa shape index (κ2) is 8.21. The maximum atomic E-state index is 13.8. The van der Waals surface area contributed by atoms with Crippen molar-refractivity contribution in [1.82, 2.24) is 4.90 Å². The zero-order chi connectivity index (χ0) is 18.5. The lowest BCUT2D eigenvalue weighted by Crippen LogP contribution is -2.40. The van der Waals surface area contributed by atoms with Crippen molar-refractivity contribution in [3.63, 3.8) is 0 Å². The normalized spacial score (nSPS) is 17.2. The number of amides is 1. The molecule has 1 aliphatic heterocycles. The number of hydrogen-bond donors (Lipinski definition) is 1. The van der Waals surface area contributed by atoms with Gasteiger partial charge in [0.25, 0.3) is 5.91 Å². The number of methoxy groups -OCH3 is 1. The van der Waals surface area contributed by atoms with Crippen LogP contribution in [0.1, 0.15) is 35.2 Å². The molecule has 1 amide bonds. The SMILES string of the molecule is COc1cccc(C(=O)N2CCC[C@H](CCc3ccccc3F)C2)c1O. The number of aromatic hydroxyl groups is 1. The number of phenolic OH excluding ortho intramolecular Hbond substituents is 1. The van der Waals surface area contributed by atoms with Crippen LogP contribution in [0.25, 0.3) is 0 Å². The monoisotopic (exact) mass is 357 g/mol. The Labute approximate surface area is 153 Å². The molecule has 0 aromatic heterocycles. The number of aryl methyl sites for hydroxylation is 1. The highest BCUT2D eigenvalue weighted by Gasteiger charge is 2.26. The first kappa shape index (κ1) is 18.2. The number of nitrogens with zero attached hydrogens (tertiary/aromatic N) is 1. The number of halogens is 1. The molecule has 138 valence electrons. The Morgan fingerprint density at radius 3 is 2.85 bits per heavy atom. The van der Waals surface area contributed by atoms with E-state index in [1.807, 2.05) is 12.1 Å². The van der Waals surface area contributed by atoms with Crippen molar-refractivity contribution in [1.29, 1.82) is 0 Å². The van der Waals surface area contributed by atoms with Gasteiger partial charge in [-0.3, -0.25) is 4.79 Å². The van der Waals surface area contributed by atoms with Gasteiger partial charge in [0, 0.05) is 13.1 Å². The molecule has 3 rings (SSSR count). The van der Waals surface area contributed by atoms with E-state index in [9.17, 15) is 14.3 Å². The van der Waals surface area contributed by atoms with E-state index in [4.69, 9.17) is 4.74 Å². The molecule has 0 saturated carbocycles. The fourth-order valence-corrected chi connectivity index (χ4v) is 3.58. The zero-order valence-electron chi connectivity index (χ0n) is 15.0. The fraction of sp³-hybridized carbons (Fsp3) is 0.381. The summed E-state index contributed by atoms with van der Waals surface area (Å²) in [5, 5.41) is 10.2. The smallest absolute Gasteiger partial charge is 0.257 e. The van der Waals surface area contributed by atoms with Crippen LogP contribution >= 0.6 is 0 Å². The minimum atomic E-state index is -0.183. The number of carbonyl (C=O) groups is 1. The molecular weight excluding hydrogens is 333 g/mol. The summed E-state index contributed by atoms with van der Waals surface area (Å²) in [5.74, 6) is 0.159. The Morgan fingerprint density at radius 1 is 1.27 bits per heavy atom. The van der Waals surface area contributed by atoms with Crippen molar-refractivity contribution in [2.24, 2.45) is 5.92 Å². The van der Waals surface area contributed by atoms with Gasteiger partial charge in [-0.05, 0) is 55.4 Å². The Kier molecular flexibility index (Phi) is 5.76. The number of rotatable bonds is 5.